The second-order valence-electron chi connectivity index (χ2n) is 6.59. The lowest BCUT2D eigenvalue weighted by molar-refractivity contribution is -0.148. The molecule has 22 heavy (non-hydrogen) atoms. The van der Waals surface area contributed by atoms with E-state index in [4.69, 9.17) is 0 Å². The fraction of sp³-hybridized carbons (Fsp3) is 0.812. The van der Waals surface area contributed by atoms with Crippen LogP contribution in [0, 0.1) is 0 Å². The molecule has 2 atom stereocenters. The maximum Gasteiger partial charge on any atom is 0.246 e. The van der Waals surface area contributed by atoms with Crippen LogP contribution in [-0.2, 0) is 14.4 Å². The fourth-order valence-corrected chi connectivity index (χ4v) is 4.03. The summed E-state index contributed by atoms with van der Waals surface area (Å²) in [6.07, 6.45) is 5.35. The highest BCUT2D eigenvalue weighted by molar-refractivity contribution is 5.92. The summed E-state index contributed by atoms with van der Waals surface area (Å²) in [5.41, 5.74) is 0. The second-order valence-corrected chi connectivity index (χ2v) is 6.59. The minimum absolute atomic E-state index is 0.0252. The first kappa shape index (κ1) is 15.3. The third-order valence-electron chi connectivity index (χ3n) is 5.18. The van der Waals surface area contributed by atoms with E-state index in [1.165, 1.54) is 6.92 Å². The van der Waals surface area contributed by atoms with Crippen LogP contribution in [0.3, 0.4) is 0 Å². The first-order valence-electron chi connectivity index (χ1n) is 8.46. The molecule has 3 aliphatic rings. The monoisotopic (exact) mass is 307 g/mol. The lowest BCUT2D eigenvalue weighted by Gasteiger charge is -2.32. The normalized spacial score (nSPS) is 28.5. The van der Waals surface area contributed by atoms with E-state index in [9.17, 15) is 14.4 Å². The number of hydrogen-bond acceptors (Lipinski definition) is 3. The molecule has 3 fully saturated rings. The van der Waals surface area contributed by atoms with Gasteiger partial charge in [-0.15, -0.1) is 0 Å². The van der Waals surface area contributed by atoms with Crippen molar-refractivity contribution in [3.63, 3.8) is 0 Å². The van der Waals surface area contributed by atoms with Crippen molar-refractivity contribution in [2.75, 3.05) is 26.2 Å². The van der Waals surface area contributed by atoms with Crippen LogP contribution in [-0.4, -0.2) is 70.7 Å². The predicted octanol–water partition coefficient (Wildman–Crippen LogP) is 0.611. The fourth-order valence-electron chi connectivity index (χ4n) is 4.03. The second kappa shape index (κ2) is 6.26. The zero-order chi connectivity index (χ0) is 15.7. The van der Waals surface area contributed by atoms with Crippen LogP contribution < -0.4 is 0 Å². The number of nitrogens with zero attached hydrogens (tertiary/aromatic N) is 3. The lowest BCUT2D eigenvalue weighted by atomic mass is 10.1. The Morgan fingerprint density at radius 3 is 1.86 bits per heavy atom. The van der Waals surface area contributed by atoms with E-state index in [1.807, 2.05) is 4.90 Å². The van der Waals surface area contributed by atoms with Crippen molar-refractivity contribution in [1.82, 2.24) is 14.7 Å². The Morgan fingerprint density at radius 1 is 0.727 bits per heavy atom. The Kier molecular flexibility index (Phi) is 4.36. The summed E-state index contributed by atoms with van der Waals surface area (Å²) in [7, 11) is 0. The van der Waals surface area contributed by atoms with Crippen molar-refractivity contribution in [3.8, 4) is 0 Å². The van der Waals surface area contributed by atoms with E-state index in [0.717, 1.165) is 51.6 Å². The first-order chi connectivity index (χ1) is 10.6. The first-order valence-corrected chi connectivity index (χ1v) is 8.46. The zero-order valence-corrected chi connectivity index (χ0v) is 13.3. The molecule has 3 amide bonds. The number of hydrogen-bond donors (Lipinski definition) is 0. The van der Waals surface area contributed by atoms with Crippen LogP contribution in [0.1, 0.15) is 45.4 Å². The summed E-state index contributed by atoms with van der Waals surface area (Å²) >= 11 is 0. The maximum atomic E-state index is 12.9. The van der Waals surface area contributed by atoms with Crippen LogP contribution in [0.4, 0.5) is 0 Å². The highest BCUT2D eigenvalue weighted by Gasteiger charge is 2.42. The molecule has 0 spiro atoms. The van der Waals surface area contributed by atoms with Gasteiger partial charge in [0.05, 0.1) is 0 Å². The molecule has 0 aromatic carbocycles. The van der Waals surface area contributed by atoms with Gasteiger partial charge in [-0.25, -0.2) is 0 Å². The van der Waals surface area contributed by atoms with Gasteiger partial charge in [0.15, 0.2) is 0 Å². The van der Waals surface area contributed by atoms with E-state index in [2.05, 4.69) is 0 Å². The SMILES string of the molecule is CC(=O)N1CCC[C@H]1C(=O)N1CCC[C@H]1C(=O)N1CCCC1. The summed E-state index contributed by atoms with van der Waals surface area (Å²) in [4.78, 5) is 42.5. The van der Waals surface area contributed by atoms with Crippen molar-refractivity contribution >= 4 is 17.7 Å². The summed E-state index contributed by atoms with van der Waals surface area (Å²) in [5, 5.41) is 0. The molecule has 0 aromatic heterocycles. The molecule has 0 unspecified atom stereocenters. The van der Waals surface area contributed by atoms with Crippen LogP contribution in [0.5, 0.6) is 0 Å². The Morgan fingerprint density at radius 2 is 1.27 bits per heavy atom. The summed E-state index contributed by atoms with van der Waals surface area (Å²) in [5.74, 6) is 0.0379. The van der Waals surface area contributed by atoms with E-state index in [-0.39, 0.29) is 29.8 Å². The number of carbonyl (C=O) groups is 3. The van der Waals surface area contributed by atoms with Gasteiger partial charge in [-0.05, 0) is 38.5 Å². The number of rotatable bonds is 2. The van der Waals surface area contributed by atoms with Crippen molar-refractivity contribution in [2.45, 2.75) is 57.5 Å². The van der Waals surface area contributed by atoms with Crippen molar-refractivity contribution in [3.05, 3.63) is 0 Å². The zero-order valence-electron chi connectivity index (χ0n) is 13.3. The highest BCUT2D eigenvalue weighted by atomic mass is 16.2. The molecule has 6 heteroatoms. The van der Waals surface area contributed by atoms with Gasteiger partial charge in [0, 0.05) is 33.1 Å². The molecule has 3 heterocycles. The summed E-state index contributed by atoms with van der Waals surface area (Å²) < 4.78 is 0. The molecule has 122 valence electrons. The number of carbonyl (C=O) groups excluding carboxylic acids is 3. The molecule has 0 aliphatic carbocycles. The van der Waals surface area contributed by atoms with Crippen LogP contribution in [0.25, 0.3) is 0 Å². The predicted molar refractivity (Wildman–Crippen MR) is 81.0 cm³/mol. The third kappa shape index (κ3) is 2.71. The number of amides is 3. The molecule has 0 N–H and O–H groups in total. The molecule has 0 bridgehead atoms. The van der Waals surface area contributed by atoms with Gasteiger partial charge >= 0.3 is 0 Å². The van der Waals surface area contributed by atoms with Crippen molar-refractivity contribution in [2.24, 2.45) is 0 Å². The quantitative estimate of drug-likeness (QED) is 0.751. The van der Waals surface area contributed by atoms with Gasteiger partial charge < -0.3 is 14.7 Å². The van der Waals surface area contributed by atoms with E-state index in [0.29, 0.717) is 13.1 Å². The third-order valence-corrected chi connectivity index (χ3v) is 5.18. The standard InChI is InChI=1S/C16H25N3O3/c1-12(20)18-10-4-7-14(18)16(22)19-11-5-6-13(19)15(21)17-8-2-3-9-17/h13-14H,2-11H2,1H3/t13-,14-/m0/s1. The minimum Gasteiger partial charge on any atom is -0.341 e. The Hall–Kier alpha value is -1.59. The molecule has 0 saturated carbocycles. The molecule has 3 rings (SSSR count). The highest BCUT2D eigenvalue weighted by Crippen LogP contribution is 2.26. The van der Waals surface area contributed by atoms with Crippen molar-refractivity contribution in [1.29, 1.82) is 0 Å². The topological polar surface area (TPSA) is 60.9 Å². The van der Waals surface area contributed by atoms with Crippen LogP contribution in [0.2, 0.25) is 0 Å². The van der Waals surface area contributed by atoms with Gasteiger partial charge in [-0.1, -0.05) is 0 Å². The Bertz CT molecular complexity index is 473. The van der Waals surface area contributed by atoms with Gasteiger partial charge in [0.2, 0.25) is 17.7 Å². The van der Waals surface area contributed by atoms with Gasteiger partial charge in [0.1, 0.15) is 12.1 Å². The van der Waals surface area contributed by atoms with E-state index < -0.39 is 0 Å². The Labute approximate surface area is 131 Å². The maximum absolute atomic E-state index is 12.9. The summed E-state index contributed by atoms with van der Waals surface area (Å²) in [6, 6.07) is -0.663. The molecule has 3 aliphatic heterocycles. The molecular weight excluding hydrogens is 282 g/mol. The molecular formula is C16H25N3O3. The largest absolute Gasteiger partial charge is 0.341 e. The average molecular weight is 307 g/mol. The smallest absolute Gasteiger partial charge is 0.246 e. The van der Waals surface area contributed by atoms with E-state index in [1.54, 1.807) is 9.80 Å². The molecule has 0 radical (unpaired) electrons. The van der Waals surface area contributed by atoms with Gasteiger partial charge in [-0.3, -0.25) is 14.4 Å². The van der Waals surface area contributed by atoms with E-state index >= 15 is 0 Å². The minimum atomic E-state index is -0.357. The average Bonchev–Trinajstić information content (AvgIpc) is 3.25. The summed E-state index contributed by atoms with van der Waals surface area (Å²) in [6.45, 7) is 4.46. The molecule has 6 nitrogen and oxygen atoms in total. The van der Waals surface area contributed by atoms with Crippen molar-refractivity contribution < 1.29 is 14.4 Å². The Balaban J connectivity index is 1.70. The van der Waals surface area contributed by atoms with Gasteiger partial charge in [-0.2, -0.15) is 0 Å². The molecule has 0 aromatic rings. The van der Waals surface area contributed by atoms with Crippen LogP contribution >= 0.6 is 0 Å². The number of likely N-dealkylation sites (tertiary alicyclic amines) is 3. The van der Waals surface area contributed by atoms with Crippen LogP contribution in [0.15, 0.2) is 0 Å². The lowest BCUT2D eigenvalue weighted by Crippen LogP contribution is -2.53. The van der Waals surface area contributed by atoms with Gasteiger partial charge in [0.25, 0.3) is 0 Å². The molecule has 3 saturated heterocycles.